The van der Waals surface area contributed by atoms with E-state index in [1.807, 2.05) is 12.1 Å². The van der Waals surface area contributed by atoms with Gasteiger partial charge in [-0.05, 0) is 65.1 Å². The predicted octanol–water partition coefficient (Wildman–Crippen LogP) is 2.77. The molecule has 0 saturated heterocycles. The molecule has 1 unspecified atom stereocenters. The Labute approximate surface area is 148 Å². The number of methoxy groups -OCH3 is 2. The number of aliphatic hydroxyl groups is 1. The number of ether oxygens (including phenoxy) is 2. The Balaban J connectivity index is 2.05. The molecule has 2 rings (SSSR count). The molecule has 6 heteroatoms. The van der Waals surface area contributed by atoms with Gasteiger partial charge in [0.25, 0.3) is 5.91 Å². The van der Waals surface area contributed by atoms with Crippen molar-refractivity contribution in [1.82, 2.24) is 5.32 Å². The van der Waals surface area contributed by atoms with E-state index in [0.717, 1.165) is 3.57 Å². The fraction of sp³-hybridized carbons (Fsp3) is 0.235. The van der Waals surface area contributed by atoms with Gasteiger partial charge in [0.2, 0.25) is 0 Å². The smallest absolute Gasteiger partial charge is 0.251 e. The molecule has 0 aromatic heterocycles. The van der Waals surface area contributed by atoms with E-state index in [-0.39, 0.29) is 12.5 Å². The van der Waals surface area contributed by atoms with Gasteiger partial charge in [-0.15, -0.1) is 0 Å². The Morgan fingerprint density at radius 3 is 2.48 bits per heavy atom. The highest BCUT2D eigenvalue weighted by atomic mass is 127. The predicted molar refractivity (Wildman–Crippen MR) is 96.0 cm³/mol. The van der Waals surface area contributed by atoms with E-state index in [0.29, 0.717) is 22.6 Å². The Morgan fingerprint density at radius 1 is 1.17 bits per heavy atom. The fourth-order valence-corrected chi connectivity index (χ4v) is 2.46. The van der Waals surface area contributed by atoms with Crippen molar-refractivity contribution in [2.45, 2.75) is 6.10 Å². The summed E-state index contributed by atoms with van der Waals surface area (Å²) in [6, 6.07) is 12.4. The number of nitrogens with one attached hydrogen (secondary N) is 1. The number of hydrogen-bond acceptors (Lipinski definition) is 4. The van der Waals surface area contributed by atoms with E-state index in [1.165, 1.54) is 7.11 Å². The van der Waals surface area contributed by atoms with Crippen LogP contribution in [0.15, 0.2) is 42.5 Å². The number of benzene rings is 2. The Hall–Kier alpha value is -1.80. The Kier molecular flexibility index (Phi) is 6.23. The molecular weight excluding hydrogens is 409 g/mol. The maximum absolute atomic E-state index is 12.1. The summed E-state index contributed by atoms with van der Waals surface area (Å²) in [5.41, 5.74) is 1.12. The van der Waals surface area contributed by atoms with Crippen LogP contribution in [-0.2, 0) is 0 Å². The van der Waals surface area contributed by atoms with Crippen molar-refractivity contribution in [2.75, 3.05) is 20.8 Å². The third-order valence-electron chi connectivity index (χ3n) is 3.36. The number of aliphatic hydroxyl groups excluding tert-OH is 1. The zero-order valence-corrected chi connectivity index (χ0v) is 15.0. The topological polar surface area (TPSA) is 67.8 Å². The van der Waals surface area contributed by atoms with Crippen molar-refractivity contribution in [3.8, 4) is 11.5 Å². The van der Waals surface area contributed by atoms with Crippen LogP contribution >= 0.6 is 22.6 Å². The molecule has 0 heterocycles. The molecule has 2 aromatic rings. The molecule has 0 spiro atoms. The van der Waals surface area contributed by atoms with Gasteiger partial charge < -0.3 is 19.9 Å². The molecule has 0 saturated carbocycles. The van der Waals surface area contributed by atoms with Crippen LogP contribution in [0.4, 0.5) is 0 Å². The Morgan fingerprint density at radius 2 is 1.87 bits per heavy atom. The molecule has 0 aliphatic rings. The molecule has 0 radical (unpaired) electrons. The van der Waals surface area contributed by atoms with E-state index in [4.69, 9.17) is 9.47 Å². The minimum atomic E-state index is -0.896. The van der Waals surface area contributed by atoms with E-state index in [2.05, 4.69) is 27.9 Å². The Bertz CT molecular complexity index is 673. The van der Waals surface area contributed by atoms with Gasteiger partial charge in [0.1, 0.15) is 17.6 Å². The van der Waals surface area contributed by atoms with Gasteiger partial charge in [-0.3, -0.25) is 4.79 Å². The first-order valence-corrected chi connectivity index (χ1v) is 8.06. The molecule has 1 atom stereocenters. The van der Waals surface area contributed by atoms with Crippen molar-refractivity contribution in [2.24, 2.45) is 0 Å². The van der Waals surface area contributed by atoms with Gasteiger partial charge in [-0.1, -0.05) is 0 Å². The number of amides is 1. The summed E-state index contributed by atoms with van der Waals surface area (Å²) >= 11 is 2.18. The van der Waals surface area contributed by atoms with Crippen LogP contribution in [0.5, 0.6) is 11.5 Å². The van der Waals surface area contributed by atoms with Crippen LogP contribution < -0.4 is 14.8 Å². The minimum Gasteiger partial charge on any atom is -0.497 e. The normalized spacial score (nSPS) is 11.7. The molecule has 0 fully saturated rings. The highest BCUT2D eigenvalue weighted by molar-refractivity contribution is 14.1. The molecule has 1 amide bonds. The van der Waals surface area contributed by atoms with E-state index < -0.39 is 6.10 Å². The summed E-state index contributed by atoms with van der Waals surface area (Å²) in [7, 11) is 3.08. The molecule has 122 valence electrons. The fourth-order valence-electron chi connectivity index (χ4n) is 2.10. The number of hydrogen-bond donors (Lipinski definition) is 2. The van der Waals surface area contributed by atoms with Crippen LogP contribution in [-0.4, -0.2) is 31.8 Å². The van der Waals surface area contributed by atoms with Crippen LogP contribution in [0.1, 0.15) is 22.0 Å². The van der Waals surface area contributed by atoms with Gasteiger partial charge in [0, 0.05) is 21.2 Å². The lowest BCUT2D eigenvalue weighted by Gasteiger charge is -2.16. The van der Waals surface area contributed by atoms with Gasteiger partial charge in [-0.25, -0.2) is 0 Å². The molecule has 2 aromatic carbocycles. The first-order valence-electron chi connectivity index (χ1n) is 6.99. The van der Waals surface area contributed by atoms with Crippen LogP contribution in [0.25, 0.3) is 0 Å². The molecule has 2 N–H and O–H groups in total. The summed E-state index contributed by atoms with van der Waals surface area (Å²) in [6.07, 6.45) is -0.896. The maximum atomic E-state index is 12.1. The summed E-state index contributed by atoms with van der Waals surface area (Å²) in [5, 5.41) is 13.1. The van der Waals surface area contributed by atoms with Crippen molar-refractivity contribution >= 4 is 28.5 Å². The summed E-state index contributed by atoms with van der Waals surface area (Å²) < 4.78 is 11.5. The molecule has 23 heavy (non-hydrogen) atoms. The van der Waals surface area contributed by atoms with E-state index in [9.17, 15) is 9.90 Å². The standard InChI is InChI=1S/C17H18INO4/c1-22-13-7-8-16(23-2)14(9-13)15(20)10-19-17(21)11-3-5-12(18)6-4-11/h3-9,15,20H,10H2,1-2H3,(H,19,21). The first-order chi connectivity index (χ1) is 11.0. The summed E-state index contributed by atoms with van der Waals surface area (Å²) in [5.74, 6) is 0.924. The molecule has 0 bridgehead atoms. The average molecular weight is 427 g/mol. The van der Waals surface area contributed by atoms with E-state index >= 15 is 0 Å². The molecule has 5 nitrogen and oxygen atoms in total. The molecular formula is C17H18INO4. The second kappa shape index (κ2) is 8.16. The molecule has 0 aliphatic heterocycles. The van der Waals surface area contributed by atoms with Crippen molar-refractivity contribution in [1.29, 1.82) is 0 Å². The van der Waals surface area contributed by atoms with Crippen LogP contribution in [0, 0.1) is 3.57 Å². The summed E-state index contributed by atoms with van der Waals surface area (Å²) in [6.45, 7) is 0.0777. The number of rotatable bonds is 6. The zero-order valence-electron chi connectivity index (χ0n) is 12.9. The van der Waals surface area contributed by atoms with Crippen molar-refractivity contribution < 1.29 is 19.4 Å². The van der Waals surface area contributed by atoms with Crippen LogP contribution in [0.3, 0.4) is 0 Å². The second-order valence-corrected chi connectivity index (χ2v) is 6.09. The lowest BCUT2D eigenvalue weighted by atomic mass is 10.1. The quantitative estimate of drug-likeness (QED) is 0.696. The molecule has 0 aliphatic carbocycles. The van der Waals surface area contributed by atoms with Gasteiger partial charge in [0.15, 0.2) is 0 Å². The van der Waals surface area contributed by atoms with Crippen LogP contribution in [0.2, 0.25) is 0 Å². The second-order valence-electron chi connectivity index (χ2n) is 4.84. The minimum absolute atomic E-state index is 0.0777. The van der Waals surface area contributed by atoms with E-state index in [1.54, 1.807) is 37.4 Å². The monoisotopic (exact) mass is 427 g/mol. The number of carbonyl (C=O) groups is 1. The first kappa shape index (κ1) is 17.6. The SMILES string of the molecule is COc1ccc(OC)c(C(O)CNC(=O)c2ccc(I)cc2)c1. The third-order valence-corrected chi connectivity index (χ3v) is 4.08. The van der Waals surface area contributed by atoms with Crippen molar-refractivity contribution in [3.05, 3.63) is 57.2 Å². The summed E-state index contributed by atoms with van der Waals surface area (Å²) in [4.78, 5) is 12.1. The highest BCUT2D eigenvalue weighted by Crippen LogP contribution is 2.29. The maximum Gasteiger partial charge on any atom is 0.251 e. The average Bonchev–Trinajstić information content (AvgIpc) is 2.59. The van der Waals surface area contributed by atoms with Gasteiger partial charge in [-0.2, -0.15) is 0 Å². The largest absolute Gasteiger partial charge is 0.497 e. The number of halogens is 1. The number of carbonyl (C=O) groups excluding carboxylic acids is 1. The lowest BCUT2D eigenvalue weighted by Crippen LogP contribution is -2.28. The third kappa shape index (κ3) is 4.59. The highest BCUT2D eigenvalue weighted by Gasteiger charge is 2.16. The van der Waals surface area contributed by atoms with Gasteiger partial charge in [0.05, 0.1) is 14.2 Å². The zero-order chi connectivity index (χ0) is 16.8. The van der Waals surface area contributed by atoms with Gasteiger partial charge >= 0.3 is 0 Å². The van der Waals surface area contributed by atoms with Crippen molar-refractivity contribution in [3.63, 3.8) is 0 Å². The lowest BCUT2D eigenvalue weighted by molar-refractivity contribution is 0.0914.